The minimum atomic E-state index is -0.538. The first kappa shape index (κ1) is 15.5. The van der Waals surface area contributed by atoms with Crippen molar-refractivity contribution in [1.29, 1.82) is 0 Å². The van der Waals surface area contributed by atoms with Crippen molar-refractivity contribution in [3.8, 4) is 0 Å². The highest BCUT2D eigenvalue weighted by Crippen LogP contribution is 2.26. The molecule has 120 valence electrons. The van der Waals surface area contributed by atoms with Crippen molar-refractivity contribution in [2.24, 2.45) is 7.05 Å². The zero-order valence-electron chi connectivity index (χ0n) is 12.4. The predicted molar refractivity (Wildman–Crippen MR) is 90.8 cm³/mol. The second kappa shape index (κ2) is 6.04. The van der Waals surface area contributed by atoms with Gasteiger partial charge >= 0.3 is 5.69 Å². The first-order valence-electron chi connectivity index (χ1n) is 7.10. The van der Waals surface area contributed by atoms with Crippen LogP contribution in [0.4, 0.5) is 11.5 Å². The Labute approximate surface area is 139 Å². The van der Waals surface area contributed by atoms with Crippen molar-refractivity contribution in [3.05, 3.63) is 55.1 Å². The molecule has 1 aromatic carbocycles. The van der Waals surface area contributed by atoms with E-state index in [4.69, 9.17) is 0 Å². The van der Waals surface area contributed by atoms with E-state index in [2.05, 4.69) is 31.5 Å². The van der Waals surface area contributed by atoms with E-state index < -0.39 is 17.3 Å². The van der Waals surface area contributed by atoms with E-state index in [9.17, 15) is 14.4 Å². The zero-order chi connectivity index (χ0) is 16.6. The number of carbonyl (C=O) groups excluding carboxylic acids is 1. The van der Waals surface area contributed by atoms with Crippen LogP contribution in [0, 0.1) is 0 Å². The number of nitrogens with zero attached hydrogens (tertiary/aromatic N) is 1. The Bertz CT molecular complexity index is 856. The Kier molecular flexibility index (Phi) is 4.08. The molecule has 1 aliphatic rings. The van der Waals surface area contributed by atoms with E-state index in [1.165, 1.54) is 13.1 Å². The molecule has 0 aliphatic carbocycles. The normalized spacial score (nSPS) is 17.1. The molecule has 2 aromatic rings. The molecule has 0 spiro atoms. The molecular formula is C15H15BrN4O3. The maximum absolute atomic E-state index is 12.3. The average Bonchev–Trinajstić information content (AvgIpc) is 2.64. The van der Waals surface area contributed by atoms with Gasteiger partial charge in [0, 0.05) is 23.3 Å². The third kappa shape index (κ3) is 3.21. The van der Waals surface area contributed by atoms with Crippen LogP contribution in [0.1, 0.15) is 12.0 Å². The Morgan fingerprint density at radius 3 is 2.78 bits per heavy atom. The van der Waals surface area contributed by atoms with Crippen LogP contribution in [0.3, 0.4) is 0 Å². The maximum Gasteiger partial charge on any atom is 0.329 e. The first-order chi connectivity index (χ1) is 10.9. The molecule has 3 N–H and O–H groups in total. The summed E-state index contributed by atoms with van der Waals surface area (Å²) in [7, 11) is 1.39. The van der Waals surface area contributed by atoms with Crippen LogP contribution >= 0.6 is 15.9 Å². The SMILES string of the molecule is Cn1c(=O)cc(NC2CCc3cc(Br)ccc3NC2=O)[nH]c1=O. The van der Waals surface area contributed by atoms with Crippen molar-refractivity contribution in [2.45, 2.75) is 18.9 Å². The van der Waals surface area contributed by atoms with Crippen molar-refractivity contribution in [2.75, 3.05) is 10.6 Å². The fourth-order valence-corrected chi connectivity index (χ4v) is 2.91. The summed E-state index contributed by atoms with van der Waals surface area (Å²) in [4.78, 5) is 38.2. The Balaban J connectivity index is 1.84. The van der Waals surface area contributed by atoms with Crippen LogP contribution in [-0.4, -0.2) is 21.5 Å². The molecular weight excluding hydrogens is 364 g/mol. The molecule has 0 saturated carbocycles. The number of rotatable bonds is 2. The molecule has 1 amide bonds. The van der Waals surface area contributed by atoms with E-state index >= 15 is 0 Å². The van der Waals surface area contributed by atoms with Crippen molar-refractivity contribution >= 4 is 33.3 Å². The number of halogens is 1. The first-order valence-corrected chi connectivity index (χ1v) is 7.89. The minimum absolute atomic E-state index is 0.201. The van der Waals surface area contributed by atoms with Gasteiger partial charge in [0.05, 0.1) is 0 Å². The van der Waals surface area contributed by atoms with Crippen molar-refractivity contribution in [3.63, 3.8) is 0 Å². The molecule has 1 unspecified atom stereocenters. The van der Waals surface area contributed by atoms with Crippen molar-refractivity contribution < 1.29 is 4.79 Å². The summed E-state index contributed by atoms with van der Waals surface area (Å²) >= 11 is 3.42. The van der Waals surface area contributed by atoms with Gasteiger partial charge in [-0.1, -0.05) is 15.9 Å². The molecule has 1 aliphatic heterocycles. The highest BCUT2D eigenvalue weighted by atomic mass is 79.9. The number of aryl methyl sites for hydroxylation is 1. The quantitative estimate of drug-likeness (QED) is 0.731. The van der Waals surface area contributed by atoms with Crippen LogP contribution in [0.2, 0.25) is 0 Å². The third-order valence-electron chi connectivity index (χ3n) is 3.82. The van der Waals surface area contributed by atoms with Gasteiger partial charge in [0.15, 0.2) is 0 Å². The number of hydrogen-bond acceptors (Lipinski definition) is 4. The summed E-state index contributed by atoms with van der Waals surface area (Å²) < 4.78 is 1.92. The van der Waals surface area contributed by atoms with Gasteiger partial charge in [0.2, 0.25) is 5.91 Å². The second-order valence-corrected chi connectivity index (χ2v) is 6.33. The number of benzene rings is 1. The van der Waals surface area contributed by atoms with Gasteiger partial charge in [0.25, 0.3) is 5.56 Å². The number of carbonyl (C=O) groups is 1. The molecule has 3 rings (SSSR count). The molecule has 23 heavy (non-hydrogen) atoms. The fraction of sp³-hybridized carbons (Fsp3) is 0.267. The molecule has 1 aromatic heterocycles. The number of aromatic amines is 1. The number of fused-ring (bicyclic) bond motifs is 1. The maximum atomic E-state index is 12.3. The van der Waals surface area contributed by atoms with Crippen LogP contribution in [0.15, 0.2) is 38.3 Å². The number of H-pyrrole nitrogens is 1. The predicted octanol–water partition coefficient (Wildman–Crippen LogP) is 1.20. The molecule has 8 heteroatoms. The van der Waals surface area contributed by atoms with Crippen LogP contribution in [0.5, 0.6) is 0 Å². The topological polar surface area (TPSA) is 96.0 Å². The van der Waals surface area contributed by atoms with Gasteiger partial charge in [0.1, 0.15) is 11.9 Å². The van der Waals surface area contributed by atoms with Gasteiger partial charge in [-0.25, -0.2) is 4.79 Å². The second-order valence-electron chi connectivity index (χ2n) is 5.41. The van der Waals surface area contributed by atoms with Crippen molar-refractivity contribution in [1.82, 2.24) is 9.55 Å². The number of amides is 1. The average molecular weight is 379 g/mol. The molecule has 1 atom stereocenters. The highest BCUT2D eigenvalue weighted by Gasteiger charge is 2.24. The Hall–Kier alpha value is -2.35. The molecule has 2 heterocycles. The summed E-state index contributed by atoms with van der Waals surface area (Å²) in [5, 5.41) is 5.80. The van der Waals surface area contributed by atoms with E-state index in [1.807, 2.05) is 18.2 Å². The minimum Gasteiger partial charge on any atom is -0.360 e. The van der Waals surface area contributed by atoms with Crippen LogP contribution < -0.4 is 21.9 Å². The highest BCUT2D eigenvalue weighted by molar-refractivity contribution is 9.10. The van der Waals surface area contributed by atoms with Gasteiger partial charge < -0.3 is 10.6 Å². The Morgan fingerprint density at radius 1 is 1.26 bits per heavy atom. The van der Waals surface area contributed by atoms with E-state index in [0.717, 1.165) is 20.3 Å². The summed E-state index contributed by atoms with van der Waals surface area (Å²) in [6.45, 7) is 0. The Morgan fingerprint density at radius 2 is 2.04 bits per heavy atom. The van der Waals surface area contributed by atoms with Crippen LogP contribution in [0.25, 0.3) is 0 Å². The monoisotopic (exact) mass is 378 g/mol. The number of anilines is 2. The van der Waals surface area contributed by atoms with E-state index in [0.29, 0.717) is 12.8 Å². The standard InChI is InChI=1S/C15H15BrN4O3/c1-20-13(21)7-12(19-15(20)23)17-11-4-2-8-6-9(16)3-5-10(8)18-14(11)22/h3,5-7,11,17H,2,4H2,1H3,(H,18,22)(H,19,23). The molecule has 7 nitrogen and oxygen atoms in total. The van der Waals surface area contributed by atoms with E-state index in [-0.39, 0.29) is 11.7 Å². The van der Waals surface area contributed by atoms with Gasteiger partial charge in [-0.2, -0.15) is 0 Å². The fourth-order valence-electron chi connectivity index (χ4n) is 2.50. The lowest BCUT2D eigenvalue weighted by Crippen LogP contribution is -2.37. The number of aromatic nitrogens is 2. The van der Waals surface area contributed by atoms with Gasteiger partial charge in [-0.3, -0.25) is 19.1 Å². The lowest BCUT2D eigenvalue weighted by molar-refractivity contribution is -0.116. The third-order valence-corrected chi connectivity index (χ3v) is 4.31. The molecule has 0 bridgehead atoms. The smallest absolute Gasteiger partial charge is 0.329 e. The van der Waals surface area contributed by atoms with Gasteiger partial charge in [-0.15, -0.1) is 0 Å². The van der Waals surface area contributed by atoms with Crippen LogP contribution in [-0.2, 0) is 18.3 Å². The lowest BCUT2D eigenvalue weighted by Gasteiger charge is -2.16. The zero-order valence-corrected chi connectivity index (χ0v) is 13.9. The summed E-state index contributed by atoms with van der Waals surface area (Å²) in [6, 6.07) is 6.41. The van der Waals surface area contributed by atoms with E-state index in [1.54, 1.807) is 0 Å². The molecule has 0 saturated heterocycles. The van der Waals surface area contributed by atoms with Gasteiger partial charge in [-0.05, 0) is 36.6 Å². The molecule has 0 radical (unpaired) electrons. The number of hydrogen-bond donors (Lipinski definition) is 3. The largest absolute Gasteiger partial charge is 0.360 e. The summed E-state index contributed by atoms with van der Waals surface area (Å²) in [5.41, 5.74) is 0.855. The molecule has 0 fully saturated rings. The summed E-state index contributed by atoms with van der Waals surface area (Å²) in [6.07, 6.45) is 1.24. The summed E-state index contributed by atoms with van der Waals surface area (Å²) in [5.74, 6) is 0.0398. The lowest BCUT2D eigenvalue weighted by atomic mass is 10.1. The number of nitrogens with one attached hydrogen (secondary N) is 3.